The normalized spacial score (nSPS) is 10.0. The number of pyridine rings is 1. The van der Waals surface area contributed by atoms with Crippen molar-refractivity contribution < 1.29 is 0 Å². The molecule has 2 nitrogen and oxygen atoms in total. The van der Waals surface area contributed by atoms with E-state index in [1.54, 1.807) is 11.3 Å². The summed E-state index contributed by atoms with van der Waals surface area (Å²) in [5.41, 5.74) is 5.08. The molecule has 0 spiro atoms. The topological polar surface area (TPSA) is 25.8 Å². The van der Waals surface area contributed by atoms with Crippen LogP contribution in [0.25, 0.3) is 11.3 Å². The minimum Gasteiger partial charge on any atom is -0.255 e. The number of thiazole rings is 1. The SMILES string of the molecule is Cc1nc(C#Cc2ccc(-c3ccccc3C)nc2)cs1. The molecule has 102 valence electrons. The van der Waals surface area contributed by atoms with Crippen molar-refractivity contribution in [2.45, 2.75) is 13.8 Å². The zero-order valence-corrected chi connectivity index (χ0v) is 12.7. The van der Waals surface area contributed by atoms with Gasteiger partial charge in [0.25, 0.3) is 0 Å². The van der Waals surface area contributed by atoms with Crippen molar-refractivity contribution >= 4 is 11.3 Å². The van der Waals surface area contributed by atoms with Crippen LogP contribution in [0.4, 0.5) is 0 Å². The van der Waals surface area contributed by atoms with Crippen molar-refractivity contribution in [1.82, 2.24) is 9.97 Å². The molecule has 0 fully saturated rings. The van der Waals surface area contributed by atoms with E-state index < -0.39 is 0 Å². The van der Waals surface area contributed by atoms with Gasteiger partial charge in [-0.1, -0.05) is 30.2 Å². The predicted molar refractivity (Wildman–Crippen MR) is 87.2 cm³/mol. The van der Waals surface area contributed by atoms with Crippen molar-refractivity contribution in [2.24, 2.45) is 0 Å². The predicted octanol–water partition coefficient (Wildman–Crippen LogP) is 4.22. The number of aromatic nitrogens is 2. The third-order valence-electron chi connectivity index (χ3n) is 3.14. The second-order valence-electron chi connectivity index (χ2n) is 4.75. The van der Waals surface area contributed by atoms with Crippen molar-refractivity contribution in [3.05, 3.63) is 69.8 Å². The van der Waals surface area contributed by atoms with Gasteiger partial charge in [0.15, 0.2) is 0 Å². The minimum atomic E-state index is 0.820. The smallest absolute Gasteiger partial charge is 0.124 e. The lowest BCUT2D eigenvalue weighted by atomic mass is 10.1. The van der Waals surface area contributed by atoms with Gasteiger partial charge in [-0.15, -0.1) is 11.3 Å². The third-order valence-corrected chi connectivity index (χ3v) is 3.91. The van der Waals surface area contributed by atoms with E-state index in [1.165, 1.54) is 5.56 Å². The molecule has 0 aliphatic rings. The summed E-state index contributed by atoms with van der Waals surface area (Å²) in [6.07, 6.45) is 1.81. The zero-order chi connectivity index (χ0) is 14.7. The molecule has 0 bridgehead atoms. The summed E-state index contributed by atoms with van der Waals surface area (Å²) >= 11 is 1.61. The molecule has 0 saturated carbocycles. The Labute approximate surface area is 128 Å². The van der Waals surface area contributed by atoms with E-state index in [0.717, 1.165) is 27.5 Å². The molecule has 21 heavy (non-hydrogen) atoms. The Bertz CT molecular complexity index is 820. The first-order chi connectivity index (χ1) is 10.2. The third kappa shape index (κ3) is 3.18. The van der Waals surface area contributed by atoms with Gasteiger partial charge in [-0.2, -0.15) is 0 Å². The van der Waals surface area contributed by atoms with E-state index in [4.69, 9.17) is 0 Å². The first-order valence-corrected chi connectivity index (χ1v) is 7.56. The molecular formula is C18H14N2S. The Morgan fingerprint density at radius 3 is 2.52 bits per heavy atom. The van der Waals surface area contributed by atoms with Crippen LogP contribution >= 0.6 is 11.3 Å². The maximum Gasteiger partial charge on any atom is 0.124 e. The van der Waals surface area contributed by atoms with Gasteiger partial charge in [-0.25, -0.2) is 4.98 Å². The van der Waals surface area contributed by atoms with Crippen LogP contribution in [0.15, 0.2) is 48.0 Å². The molecule has 1 aromatic carbocycles. The van der Waals surface area contributed by atoms with Gasteiger partial charge in [0.1, 0.15) is 5.69 Å². The Hall–Kier alpha value is -2.44. The van der Waals surface area contributed by atoms with Gasteiger partial charge in [0.05, 0.1) is 10.7 Å². The molecular weight excluding hydrogens is 276 g/mol. The molecule has 3 heteroatoms. The molecule has 3 rings (SSSR count). The fourth-order valence-electron chi connectivity index (χ4n) is 2.04. The van der Waals surface area contributed by atoms with Gasteiger partial charge in [0, 0.05) is 22.7 Å². The summed E-state index contributed by atoms with van der Waals surface area (Å²) in [5, 5.41) is 3.00. The summed E-state index contributed by atoms with van der Waals surface area (Å²) in [4.78, 5) is 8.83. The van der Waals surface area contributed by atoms with Crippen LogP contribution in [0.2, 0.25) is 0 Å². The fourth-order valence-corrected chi connectivity index (χ4v) is 2.59. The van der Waals surface area contributed by atoms with Gasteiger partial charge >= 0.3 is 0 Å². The molecule has 0 radical (unpaired) electrons. The number of hydrogen-bond acceptors (Lipinski definition) is 3. The summed E-state index contributed by atoms with van der Waals surface area (Å²) in [7, 11) is 0. The molecule has 0 N–H and O–H groups in total. The average Bonchev–Trinajstić information content (AvgIpc) is 2.92. The number of hydrogen-bond donors (Lipinski definition) is 0. The Morgan fingerprint density at radius 1 is 1.00 bits per heavy atom. The summed E-state index contributed by atoms with van der Waals surface area (Å²) < 4.78 is 0. The molecule has 0 unspecified atom stereocenters. The van der Waals surface area contributed by atoms with Crippen LogP contribution in [0.5, 0.6) is 0 Å². The second-order valence-corrected chi connectivity index (χ2v) is 5.81. The van der Waals surface area contributed by atoms with E-state index in [1.807, 2.05) is 42.8 Å². The summed E-state index contributed by atoms with van der Waals surface area (Å²) in [6.45, 7) is 4.07. The highest BCUT2D eigenvalue weighted by molar-refractivity contribution is 7.09. The van der Waals surface area contributed by atoms with E-state index in [2.05, 4.69) is 40.9 Å². The van der Waals surface area contributed by atoms with Crippen LogP contribution in [0.3, 0.4) is 0 Å². The standard InChI is InChI=1S/C18H14N2S/c1-13-5-3-4-6-17(13)18-10-8-15(11-19-18)7-9-16-12-21-14(2)20-16/h3-6,8,10-12H,1-2H3. The number of aryl methyl sites for hydroxylation is 2. The number of nitrogens with zero attached hydrogens (tertiary/aromatic N) is 2. The highest BCUT2D eigenvalue weighted by Gasteiger charge is 2.01. The first kappa shape index (κ1) is 13.5. The molecule has 2 aromatic heterocycles. The fraction of sp³-hybridized carbons (Fsp3) is 0.111. The van der Waals surface area contributed by atoms with E-state index in [0.29, 0.717) is 0 Å². The lowest BCUT2D eigenvalue weighted by Gasteiger charge is -2.04. The lowest BCUT2D eigenvalue weighted by Crippen LogP contribution is -1.87. The van der Waals surface area contributed by atoms with Gasteiger partial charge < -0.3 is 0 Å². The molecule has 0 aliphatic heterocycles. The molecule has 2 heterocycles. The lowest BCUT2D eigenvalue weighted by molar-refractivity contribution is 1.27. The first-order valence-electron chi connectivity index (χ1n) is 6.68. The minimum absolute atomic E-state index is 0.820. The average molecular weight is 290 g/mol. The Balaban J connectivity index is 1.85. The molecule has 0 amide bonds. The summed E-state index contributed by atoms with van der Waals surface area (Å²) in [6, 6.07) is 12.3. The number of benzene rings is 1. The highest BCUT2D eigenvalue weighted by Crippen LogP contribution is 2.20. The number of rotatable bonds is 1. The molecule has 0 atom stereocenters. The summed E-state index contributed by atoms with van der Waals surface area (Å²) in [5.74, 6) is 6.16. The Morgan fingerprint density at radius 2 is 1.86 bits per heavy atom. The monoisotopic (exact) mass is 290 g/mol. The molecule has 0 aliphatic carbocycles. The molecule has 0 saturated heterocycles. The maximum absolute atomic E-state index is 4.51. The van der Waals surface area contributed by atoms with Gasteiger partial charge in [-0.3, -0.25) is 4.98 Å². The Kier molecular flexibility index (Phi) is 3.81. The van der Waals surface area contributed by atoms with Gasteiger partial charge in [-0.05, 0) is 37.5 Å². The van der Waals surface area contributed by atoms with Crippen LogP contribution in [0, 0.1) is 25.7 Å². The second kappa shape index (κ2) is 5.90. The highest BCUT2D eigenvalue weighted by atomic mass is 32.1. The maximum atomic E-state index is 4.51. The van der Waals surface area contributed by atoms with Gasteiger partial charge in [0.2, 0.25) is 0 Å². The van der Waals surface area contributed by atoms with Crippen LogP contribution < -0.4 is 0 Å². The largest absolute Gasteiger partial charge is 0.255 e. The van der Waals surface area contributed by atoms with Crippen LogP contribution in [0.1, 0.15) is 21.8 Å². The van der Waals surface area contributed by atoms with Crippen molar-refractivity contribution in [1.29, 1.82) is 0 Å². The van der Waals surface area contributed by atoms with Crippen LogP contribution in [-0.4, -0.2) is 9.97 Å². The van der Waals surface area contributed by atoms with Crippen molar-refractivity contribution in [3.8, 4) is 23.1 Å². The molecule has 3 aromatic rings. The van der Waals surface area contributed by atoms with E-state index in [-0.39, 0.29) is 0 Å². The zero-order valence-electron chi connectivity index (χ0n) is 11.9. The van der Waals surface area contributed by atoms with Crippen LogP contribution in [-0.2, 0) is 0 Å². The quantitative estimate of drug-likeness (QED) is 0.627. The van der Waals surface area contributed by atoms with Crippen molar-refractivity contribution in [2.75, 3.05) is 0 Å². The van der Waals surface area contributed by atoms with E-state index >= 15 is 0 Å². The van der Waals surface area contributed by atoms with Crippen molar-refractivity contribution in [3.63, 3.8) is 0 Å². The van der Waals surface area contributed by atoms with E-state index in [9.17, 15) is 0 Å².